The van der Waals surface area contributed by atoms with Gasteiger partial charge in [0.05, 0.1) is 13.2 Å². The van der Waals surface area contributed by atoms with E-state index in [2.05, 4.69) is 10.3 Å². The van der Waals surface area contributed by atoms with E-state index < -0.39 is 18.2 Å². The molecule has 0 bridgehead atoms. The first-order valence-electron chi connectivity index (χ1n) is 7.95. The quantitative estimate of drug-likeness (QED) is 0.842. The maximum atomic E-state index is 12.2. The fourth-order valence-corrected chi connectivity index (χ4v) is 2.98. The number of hydrogen-bond acceptors (Lipinski definition) is 6. The van der Waals surface area contributed by atoms with Crippen LogP contribution in [0.4, 0.5) is 5.82 Å². The molecule has 2 aliphatic rings. The van der Waals surface area contributed by atoms with Crippen LogP contribution >= 0.6 is 0 Å². The van der Waals surface area contributed by atoms with E-state index in [0.29, 0.717) is 0 Å². The zero-order valence-corrected chi connectivity index (χ0v) is 12.8. The predicted molar refractivity (Wildman–Crippen MR) is 80.6 cm³/mol. The average molecular weight is 323 g/mol. The SMILES string of the molecule is O=C(Nc1ccn([C@@H]2CO[C@H](CO)O2)c(=O)n1)C1CCCCC1. The van der Waals surface area contributed by atoms with Gasteiger partial charge in [0.25, 0.3) is 0 Å². The first-order chi connectivity index (χ1) is 11.2. The van der Waals surface area contributed by atoms with E-state index in [4.69, 9.17) is 14.6 Å². The number of nitrogens with one attached hydrogen (secondary N) is 1. The number of aliphatic hydroxyl groups is 1. The fraction of sp³-hybridized carbons (Fsp3) is 0.667. The van der Waals surface area contributed by atoms with E-state index in [1.54, 1.807) is 6.07 Å². The van der Waals surface area contributed by atoms with Crippen LogP contribution in [0.2, 0.25) is 0 Å². The normalized spacial score (nSPS) is 25.4. The Morgan fingerprint density at radius 1 is 1.39 bits per heavy atom. The molecule has 0 unspecified atom stereocenters. The molecule has 126 valence electrons. The Bertz CT molecular complexity index is 611. The summed E-state index contributed by atoms with van der Waals surface area (Å²) in [7, 11) is 0. The molecule has 2 heterocycles. The first kappa shape index (κ1) is 16.1. The van der Waals surface area contributed by atoms with Crippen LogP contribution in [0.1, 0.15) is 38.3 Å². The average Bonchev–Trinajstić information content (AvgIpc) is 3.04. The van der Waals surface area contributed by atoms with Crippen molar-refractivity contribution in [3.63, 3.8) is 0 Å². The maximum absolute atomic E-state index is 12.2. The molecule has 8 heteroatoms. The third-order valence-corrected chi connectivity index (χ3v) is 4.25. The Labute approximate surface area is 133 Å². The zero-order valence-electron chi connectivity index (χ0n) is 12.8. The number of ether oxygens (including phenoxy) is 2. The van der Waals surface area contributed by atoms with Gasteiger partial charge in [-0.2, -0.15) is 4.98 Å². The van der Waals surface area contributed by atoms with Crippen molar-refractivity contribution in [1.82, 2.24) is 9.55 Å². The van der Waals surface area contributed by atoms with Gasteiger partial charge in [-0.15, -0.1) is 0 Å². The van der Waals surface area contributed by atoms with E-state index in [-0.39, 0.29) is 30.9 Å². The summed E-state index contributed by atoms with van der Waals surface area (Å²) in [5.74, 6) is 0.180. The van der Waals surface area contributed by atoms with Crippen molar-refractivity contribution in [1.29, 1.82) is 0 Å². The van der Waals surface area contributed by atoms with Gasteiger partial charge in [-0.05, 0) is 18.9 Å². The summed E-state index contributed by atoms with van der Waals surface area (Å²) in [5.41, 5.74) is -0.529. The predicted octanol–water partition coefficient (Wildman–Crippen LogP) is 0.626. The Balaban J connectivity index is 1.65. The number of amides is 1. The van der Waals surface area contributed by atoms with E-state index in [0.717, 1.165) is 25.7 Å². The molecule has 1 amide bonds. The smallest absolute Gasteiger partial charge is 0.351 e. The van der Waals surface area contributed by atoms with Crippen molar-refractivity contribution in [2.45, 2.75) is 44.6 Å². The summed E-state index contributed by atoms with van der Waals surface area (Å²) < 4.78 is 11.8. The molecule has 1 aliphatic heterocycles. The highest BCUT2D eigenvalue weighted by molar-refractivity contribution is 5.91. The van der Waals surface area contributed by atoms with Crippen molar-refractivity contribution < 1.29 is 19.4 Å². The lowest BCUT2D eigenvalue weighted by atomic mass is 9.89. The molecule has 2 atom stereocenters. The molecule has 0 radical (unpaired) electrons. The van der Waals surface area contributed by atoms with Crippen LogP contribution in [0, 0.1) is 5.92 Å². The van der Waals surface area contributed by atoms with Gasteiger partial charge >= 0.3 is 5.69 Å². The molecular formula is C15H21N3O5. The molecule has 3 rings (SSSR count). The zero-order chi connectivity index (χ0) is 16.2. The monoisotopic (exact) mass is 323 g/mol. The van der Waals surface area contributed by atoms with Gasteiger partial charge in [-0.25, -0.2) is 4.79 Å². The first-order valence-corrected chi connectivity index (χ1v) is 7.95. The third-order valence-electron chi connectivity index (χ3n) is 4.25. The molecule has 1 aromatic rings. The molecule has 0 spiro atoms. The van der Waals surface area contributed by atoms with Gasteiger partial charge in [0.15, 0.2) is 12.5 Å². The Morgan fingerprint density at radius 2 is 2.17 bits per heavy atom. The number of carbonyl (C=O) groups is 1. The minimum Gasteiger partial charge on any atom is -0.391 e. The molecule has 1 saturated carbocycles. The second-order valence-electron chi connectivity index (χ2n) is 5.86. The second-order valence-corrected chi connectivity index (χ2v) is 5.86. The van der Waals surface area contributed by atoms with Crippen molar-refractivity contribution in [2.75, 3.05) is 18.5 Å². The Morgan fingerprint density at radius 3 is 2.83 bits per heavy atom. The van der Waals surface area contributed by atoms with Crippen LogP contribution in [0.3, 0.4) is 0 Å². The summed E-state index contributed by atoms with van der Waals surface area (Å²) in [6.45, 7) is -0.102. The van der Waals surface area contributed by atoms with E-state index >= 15 is 0 Å². The third kappa shape index (κ3) is 3.77. The molecule has 2 N–H and O–H groups in total. The molecule has 0 aromatic carbocycles. The number of hydrogen-bond donors (Lipinski definition) is 2. The fourth-order valence-electron chi connectivity index (χ4n) is 2.98. The largest absolute Gasteiger partial charge is 0.391 e. The van der Waals surface area contributed by atoms with Gasteiger partial charge in [-0.1, -0.05) is 19.3 Å². The standard InChI is InChI=1S/C15H21N3O5/c19-8-13-22-9-12(23-13)18-7-6-11(17-15(18)21)16-14(20)10-4-2-1-3-5-10/h6-7,10,12-13,19H,1-5,8-9H2,(H,16,17,20,21)/t12-,13-/m0/s1. The summed E-state index contributed by atoms with van der Waals surface area (Å²) in [5, 5.41) is 11.7. The van der Waals surface area contributed by atoms with Crippen molar-refractivity contribution >= 4 is 11.7 Å². The van der Waals surface area contributed by atoms with E-state index in [9.17, 15) is 9.59 Å². The van der Waals surface area contributed by atoms with Gasteiger partial charge in [0, 0.05) is 12.1 Å². The van der Waals surface area contributed by atoms with Crippen LogP contribution in [-0.4, -0.2) is 40.1 Å². The molecule has 1 aliphatic carbocycles. The maximum Gasteiger partial charge on any atom is 0.351 e. The lowest BCUT2D eigenvalue weighted by Gasteiger charge is -2.20. The molecule has 8 nitrogen and oxygen atoms in total. The highest BCUT2D eigenvalue weighted by atomic mass is 16.7. The topological polar surface area (TPSA) is 103 Å². The van der Waals surface area contributed by atoms with Crippen molar-refractivity contribution in [2.24, 2.45) is 5.92 Å². The lowest BCUT2D eigenvalue weighted by molar-refractivity contribution is -0.120. The van der Waals surface area contributed by atoms with E-state index in [1.807, 2.05) is 0 Å². The number of aliphatic hydroxyl groups excluding tert-OH is 1. The molecule has 23 heavy (non-hydrogen) atoms. The molecule has 1 aromatic heterocycles. The van der Waals surface area contributed by atoms with Crippen LogP contribution in [0.15, 0.2) is 17.1 Å². The highest BCUT2D eigenvalue weighted by Gasteiger charge is 2.28. The van der Waals surface area contributed by atoms with Gasteiger partial charge in [-0.3, -0.25) is 9.36 Å². The second kappa shape index (κ2) is 7.20. The Hall–Kier alpha value is -1.77. The summed E-state index contributed by atoms with van der Waals surface area (Å²) in [6, 6.07) is 1.57. The van der Waals surface area contributed by atoms with Crippen LogP contribution in [0.25, 0.3) is 0 Å². The number of rotatable bonds is 4. The summed E-state index contributed by atoms with van der Waals surface area (Å²) >= 11 is 0. The van der Waals surface area contributed by atoms with Crippen molar-refractivity contribution in [3.8, 4) is 0 Å². The highest BCUT2D eigenvalue weighted by Crippen LogP contribution is 2.24. The number of anilines is 1. The van der Waals surface area contributed by atoms with Gasteiger partial charge in [0.1, 0.15) is 5.82 Å². The van der Waals surface area contributed by atoms with Crippen LogP contribution < -0.4 is 11.0 Å². The lowest BCUT2D eigenvalue weighted by Crippen LogP contribution is -2.31. The van der Waals surface area contributed by atoms with Gasteiger partial charge in [0.2, 0.25) is 5.91 Å². The minimum absolute atomic E-state index is 0.00450. The summed E-state index contributed by atoms with van der Waals surface area (Å²) in [6.07, 6.45) is 5.26. The Kier molecular flexibility index (Phi) is 5.04. The molecular weight excluding hydrogens is 302 g/mol. The number of carbonyl (C=O) groups excluding carboxylic acids is 1. The van der Waals surface area contributed by atoms with Crippen LogP contribution in [-0.2, 0) is 14.3 Å². The van der Waals surface area contributed by atoms with Crippen LogP contribution in [0.5, 0.6) is 0 Å². The van der Waals surface area contributed by atoms with Gasteiger partial charge < -0.3 is 19.9 Å². The number of aromatic nitrogens is 2. The molecule has 1 saturated heterocycles. The van der Waals surface area contributed by atoms with E-state index in [1.165, 1.54) is 17.2 Å². The molecule has 2 fully saturated rings. The van der Waals surface area contributed by atoms with Crippen molar-refractivity contribution in [3.05, 3.63) is 22.7 Å². The number of nitrogens with zero attached hydrogens (tertiary/aromatic N) is 2. The minimum atomic E-state index is -0.724. The summed E-state index contributed by atoms with van der Waals surface area (Å²) in [4.78, 5) is 28.1.